The molecule has 2 N–H and O–H groups in total. The van der Waals surface area contributed by atoms with Gasteiger partial charge in [-0.2, -0.15) is 0 Å². The van der Waals surface area contributed by atoms with Crippen molar-refractivity contribution in [2.45, 2.75) is 110 Å². The molecule has 0 bridgehead atoms. The second kappa shape index (κ2) is 8.34. The van der Waals surface area contributed by atoms with E-state index in [0.29, 0.717) is 16.7 Å². The van der Waals surface area contributed by atoms with Crippen molar-refractivity contribution in [2.24, 2.45) is 40.4 Å². The molecule has 1 saturated heterocycles. The molecule has 0 aromatic carbocycles. The molecule has 3 heteroatoms. The van der Waals surface area contributed by atoms with Gasteiger partial charge in [0.05, 0.1) is 24.1 Å². The zero-order chi connectivity index (χ0) is 22.8. The first-order valence-corrected chi connectivity index (χ1v) is 16.4. The van der Waals surface area contributed by atoms with Crippen LogP contribution in [0.2, 0.25) is 0 Å². The Hall–Kier alpha value is 0.0900. The summed E-state index contributed by atoms with van der Waals surface area (Å²) in [6, 6.07) is 0. The summed E-state index contributed by atoms with van der Waals surface area (Å²) in [5, 5.41) is 11.0. The molecule has 0 radical (unpaired) electrons. The summed E-state index contributed by atoms with van der Waals surface area (Å²) < 4.78 is 0. The van der Waals surface area contributed by atoms with Gasteiger partial charge in [0.1, 0.15) is 7.49 Å². The highest BCUT2D eigenvalue weighted by Crippen LogP contribution is 2.68. The van der Waals surface area contributed by atoms with Crippen molar-refractivity contribution < 1.29 is 10.00 Å². The molecule has 4 aliphatic carbocycles. The standard InChI is InChI=1S/C29H50O2P/c1-5-29(30)16-15-27(3)22(20-29)8-9-23-25-11-10-24(28(25,4)14-12-26(23)27)21(2)13-19-32(31)17-6-7-18-32/h12,21-25,30-31H,5-11,13-20H2,1-4H3/q+1/t21-,22+,23?,24?,25?,27?,28?,29+/m1/s1. The van der Waals surface area contributed by atoms with E-state index in [1.807, 2.05) is 5.57 Å². The summed E-state index contributed by atoms with van der Waals surface area (Å²) in [4.78, 5) is 11.0. The monoisotopic (exact) mass is 461 g/mol. The van der Waals surface area contributed by atoms with Crippen molar-refractivity contribution in [3.8, 4) is 0 Å². The minimum absolute atomic E-state index is 0.339. The maximum atomic E-state index is 11.0. The molecule has 182 valence electrons. The van der Waals surface area contributed by atoms with Crippen molar-refractivity contribution >= 4 is 7.49 Å². The minimum atomic E-state index is -1.57. The first-order chi connectivity index (χ1) is 15.1. The Morgan fingerprint density at radius 1 is 1.09 bits per heavy atom. The summed E-state index contributed by atoms with van der Waals surface area (Å²) in [7, 11) is -1.57. The largest absolute Gasteiger partial charge is 0.390 e. The topological polar surface area (TPSA) is 40.5 Å². The Morgan fingerprint density at radius 3 is 2.56 bits per heavy atom. The molecule has 0 aromatic heterocycles. The number of fused-ring (bicyclic) bond motifs is 5. The van der Waals surface area contributed by atoms with E-state index >= 15 is 0 Å². The third-order valence-corrected chi connectivity index (χ3v) is 15.4. The van der Waals surface area contributed by atoms with Gasteiger partial charge < -0.3 is 5.11 Å². The summed E-state index contributed by atoms with van der Waals surface area (Å²) >= 11 is 0. The second-order valence-corrected chi connectivity index (χ2v) is 17.0. The highest BCUT2D eigenvalue weighted by atomic mass is 31.2. The number of aliphatic hydroxyl groups is 1. The van der Waals surface area contributed by atoms with Crippen LogP contribution in [0.5, 0.6) is 0 Å². The SMILES string of the molecule is CC[C@]1(O)CCC2(C)C3=CCC4(C)C(CCC4[C@H](C)CC[P+]4(O)CCCC4)C3CC[C@H]2C1. The molecule has 1 heterocycles. The van der Waals surface area contributed by atoms with Gasteiger partial charge in [-0.1, -0.05) is 39.3 Å². The lowest BCUT2D eigenvalue weighted by molar-refractivity contribution is -0.0770. The van der Waals surface area contributed by atoms with Crippen LogP contribution in [0.25, 0.3) is 0 Å². The van der Waals surface area contributed by atoms with E-state index in [-0.39, 0.29) is 0 Å². The van der Waals surface area contributed by atoms with Gasteiger partial charge in [-0.15, -0.1) is 0 Å². The molecule has 5 aliphatic rings. The summed E-state index contributed by atoms with van der Waals surface area (Å²) in [6.07, 6.45) is 20.9. The van der Waals surface area contributed by atoms with Crippen molar-refractivity contribution in [2.75, 3.05) is 18.5 Å². The molecule has 32 heavy (non-hydrogen) atoms. The van der Waals surface area contributed by atoms with E-state index in [1.54, 1.807) is 0 Å². The van der Waals surface area contributed by atoms with Crippen LogP contribution in [-0.2, 0) is 0 Å². The third kappa shape index (κ3) is 3.78. The normalized spacial score (nSPS) is 48.5. The van der Waals surface area contributed by atoms with Gasteiger partial charge in [-0.3, -0.25) is 4.89 Å². The van der Waals surface area contributed by atoms with Gasteiger partial charge in [-0.25, -0.2) is 0 Å². The van der Waals surface area contributed by atoms with E-state index < -0.39 is 13.1 Å². The lowest BCUT2D eigenvalue weighted by atomic mass is 9.47. The lowest BCUT2D eigenvalue weighted by Crippen LogP contribution is -2.51. The van der Waals surface area contributed by atoms with Gasteiger partial charge in [0, 0.05) is 0 Å². The lowest BCUT2D eigenvalue weighted by Gasteiger charge is -2.58. The fourth-order valence-corrected chi connectivity index (χ4v) is 12.9. The Kier molecular flexibility index (Phi) is 6.21. The smallest absolute Gasteiger partial charge is 0.142 e. The quantitative estimate of drug-likeness (QED) is 0.330. The van der Waals surface area contributed by atoms with Gasteiger partial charge >= 0.3 is 0 Å². The van der Waals surface area contributed by atoms with E-state index in [9.17, 15) is 10.00 Å². The van der Waals surface area contributed by atoms with E-state index in [2.05, 4.69) is 33.8 Å². The Morgan fingerprint density at radius 2 is 1.84 bits per heavy atom. The van der Waals surface area contributed by atoms with Crippen LogP contribution in [0.15, 0.2) is 11.6 Å². The average molecular weight is 462 g/mol. The molecular formula is C29H50O2P+. The molecule has 0 aromatic rings. The third-order valence-electron chi connectivity index (χ3n) is 12.0. The van der Waals surface area contributed by atoms with Crippen LogP contribution in [0.3, 0.4) is 0 Å². The van der Waals surface area contributed by atoms with Crippen LogP contribution >= 0.6 is 7.49 Å². The first-order valence-electron chi connectivity index (χ1n) is 14.1. The van der Waals surface area contributed by atoms with Gasteiger partial charge in [0.15, 0.2) is 0 Å². The van der Waals surface area contributed by atoms with Gasteiger partial charge in [-0.05, 0) is 117 Å². The number of hydrogen-bond acceptors (Lipinski definition) is 2. The fourth-order valence-electron chi connectivity index (χ4n) is 9.68. The van der Waals surface area contributed by atoms with Crippen LogP contribution in [0.1, 0.15) is 105 Å². The highest BCUT2D eigenvalue weighted by Gasteiger charge is 2.58. The zero-order valence-electron chi connectivity index (χ0n) is 21.4. The molecule has 5 rings (SSSR count). The van der Waals surface area contributed by atoms with Gasteiger partial charge in [0.2, 0.25) is 0 Å². The highest BCUT2D eigenvalue weighted by molar-refractivity contribution is 7.70. The maximum Gasteiger partial charge on any atom is 0.142 e. The predicted octanol–water partition coefficient (Wildman–Crippen LogP) is 7.45. The second-order valence-electron chi connectivity index (χ2n) is 13.5. The predicted molar refractivity (Wildman–Crippen MR) is 137 cm³/mol. The van der Waals surface area contributed by atoms with Gasteiger partial charge in [0.25, 0.3) is 0 Å². The first kappa shape index (κ1) is 23.8. The van der Waals surface area contributed by atoms with Crippen LogP contribution in [-0.4, -0.2) is 34.1 Å². The Bertz CT molecular complexity index is 741. The Balaban J connectivity index is 1.32. The molecule has 8 atom stereocenters. The fraction of sp³-hybridized carbons (Fsp3) is 0.931. The zero-order valence-corrected chi connectivity index (χ0v) is 22.3. The molecule has 0 spiro atoms. The number of allylic oxidation sites excluding steroid dienone is 2. The summed E-state index contributed by atoms with van der Waals surface area (Å²) in [5.74, 6) is 3.93. The molecular weight excluding hydrogens is 411 g/mol. The molecule has 5 unspecified atom stereocenters. The van der Waals surface area contributed by atoms with E-state index in [0.717, 1.165) is 61.4 Å². The van der Waals surface area contributed by atoms with Crippen LogP contribution < -0.4 is 0 Å². The number of hydrogen-bond donors (Lipinski definition) is 2. The Labute approximate surface area is 198 Å². The van der Waals surface area contributed by atoms with Crippen LogP contribution in [0, 0.1) is 40.4 Å². The van der Waals surface area contributed by atoms with Crippen molar-refractivity contribution in [3.63, 3.8) is 0 Å². The van der Waals surface area contributed by atoms with Crippen molar-refractivity contribution in [1.29, 1.82) is 0 Å². The molecule has 0 amide bonds. The maximum absolute atomic E-state index is 11.0. The van der Waals surface area contributed by atoms with E-state index in [4.69, 9.17) is 0 Å². The molecule has 2 nitrogen and oxygen atoms in total. The van der Waals surface area contributed by atoms with Crippen LogP contribution in [0.4, 0.5) is 0 Å². The molecule has 1 aliphatic heterocycles. The summed E-state index contributed by atoms with van der Waals surface area (Å²) in [6.45, 7) is 9.90. The summed E-state index contributed by atoms with van der Waals surface area (Å²) in [5.41, 5.74) is 2.22. The van der Waals surface area contributed by atoms with Crippen molar-refractivity contribution in [3.05, 3.63) is 11.6 Å². The molecule has 4 fully saturated rings. The number of rotatable bonds is 5. The average Bonchev–Trinajstić information content (AvgIpc) is 3.36. The molecule has 3 saturated carbocycles. The minimum Gasteiger partial charge on any atom is -0.390 e. The van der Waals surface area contributed by atoms with E-state index in [1.165, 1.54) is 57.8 Å². The van der Waals surface area contributed by atoms with Crippen molar-refractivity contribution in [1.82, 2.24) is 0 Å².